The number of pyridine rings is 1. The Morgan fingerprint density at radius 2 is 2.03 bits per heavy atom. The van der Waals surface area contributed by atoms with Crippen molar-refractivity contribution in [3.8, 4) is 0 Å². The number of nitrogens with one attached hydrogen (secondary N) is 1. The first kappa shape index (κ1) is 21.7. The van der Waals surface area contributed by atoms with Crippen LogP contribution in [0, 0.1) is 6.92 Å². The Balaban J connectivity index is 1.60. The van der Waals surface area contributed by atoms with E-state index in [0.717, 1.165) is 54.2 Å². The fraction of sp³-hybridized carbons (Fsp3) is 0.462. The van der Waals surface area contributed by atoms with Crippen molar-refractivity contribution in [3.05, 3.63) is 47.7 Å². The molecule has 164 valence electrons. The summed E-state index contributed by atoms with van der Waals surface area (Å²) in [5.41, 5.74) is 5.64. The Labute approximate surface area is 185 Å². The molecule has 4 rings (SSSR count). The van der Waals surface area contributed by atoms with Crippen molar-refractivity contribution in [3.63, 3.8) is 0 Å². The molecular weight excluding hydrogens is 384 g/mol. The number of methoxy groups -OCH3 is 1. The maximum atomic E-state index is 5.53. The van der Waals surface area contributed by atoms with Gasteiger partial charge in [0.15, 0.2) is 0 Å². The number of benzene rings is 1. The molecule has 0 saturated heterocycles. The van der Waals surface area contributed by atoms with Gasteiger partial charge in [-0.1, -0.05) is 13.8 Å². The van der Waals surface area contributed by atoms with Gasteiger partial charge in [0, 0.05) is 35.9 Å². The van der Waals surface area contributed by atoms with Crippen molar-refractivity contribution in [2.24, 2.45) is 4.99 Å². The lowest BCUT2D eigenvalue weighted by atomic mass is 9.93. The van der Waals surface area contributed by atoms with E-state index < -0.39 is 0 Å². The van der Waals surface area contributed by atoms with E-state index in [2.05, 4.69) is 68.3 Å². The molecule has 5 heteroatoms. The molecule has 2 aliphatic rings. The van der Waals surface area contributed by atoms with Crippen molar-refractivity contribution < 1.29 is 4.74 Å². The van der Waals surface area contributed by atoms with E-state index in [1.165, 1.54) is 22.9 Å². The molecule has 1 aromatic carbocycles. The Kier molecular flexibility index (Phi) is 6.54. The van der Waals surface area contributed by atoms with E-state index in [1.54, 1.807) is 7.11 Å². The number of aliphatic imine (C=N–C) groups is 1. The molecule has 0 radical (unpaired) electrons. The molecular formula is C26H34N4O. The van der Waals surface area contributed by atoms with Crippen molar-refractivity contribution in [1.29, 1.82) is 0 Å². The van der Waals surface area contributed by atoms with Crippen LogP contribution in [0.15, 0.2) is 41.6 Å². The summed E-state index contributed by atoms with van der Waals surface area (Å²) in [7, 11) is 1.74. The highest BCUT2D eigenvalue weighted by atomic mass is 16.5. The van der Waals surface area contributed by atoms with E-state index in [0.29, 0.717) is 6.04 Å². The van der Waals surface area contributed by atoms with Crippen molar-refractivity contribution in [1.82, 2.24) is 9.88 Å². The van der Waals surface area contributed by atoms with E-state index in [9.17, 15) is 0 Å². The van der Waals surface area contributed by atoms with Crippen LogP contribution in [0.4, 0.5) is 11.5 Å². The van der Waals surface area contributed by atoms with Crippen LogP contribution in [-0.4, -0.2) is 54.5 Å². The second kappa shape index (κ2) is 9.33. The summed E-state index contributed by atoms with van der Waals surface area (Å²) >= 11 is 0. The fourth-order valence-corrected chi connectivity index (χ4v) is 4.59. The van der Waals surface area contributed by atoms with Gasteiger partial charge in [0.1, 0.15) is 5.82 Å². The number of rotatable bonds is 9. The first-order valence-corrected chi connectivity index (χ1v) is 11.5. The number of hydrogen-bond acceptors (Lipinski definition) is 5. The summed E-state index contributed by atoms with van der Waals surface area (Å²) in [6, 6.07) is 4.72. The zero-order valence-corrected chi connectivity index (χ0v) is 19.4. The number of allylic oxidation sites excluding steroid dienone is 2. The molecule has 0 fully saturated rings. The Bertz CT molecular complexity index is 1050. The Morgan fingerprint density at radius 3 is 2.77 bits per heavy atom. The van der Waals surface area contributed by atoms with Gasteiger partial charge >= 0.3 is 0 Å². The van der Waals surface area contributed by atoms with Gasteiger partial charge in [-0.05, 0) is 87.6 Å². The number of nitrogens with zero attached hydrogens (tertiary/aromatic N) is 3. The minimum Gasteiger partial charge on any atom is -0.373 e. The topological polar surface area (TPSA) is 49.8 Å². The predicted octanol–water partition coefficient (Wildman–Crippen LogP) is 5.52. The summed E-state index contributed by atoms with van der Waals surface area (Å²) in [5.74, 6) is 0.961. The van der Waals surface area contributed by atoms with Crippen LogP contribution in [0.2, 0.25) is 0 Å². The van der Waals surface area contributed by atoms with Gasteiger partial charge in [0.25, 0.3) is 0 Å². The molecule has 0 spiro atoms. The molecule has 31 heavy (non-hydrogen) atoms. The summed E-state index contributed by atoms with van der Waals surface area (Å²) in [6.45, 7) is 12.3. The fourth-order valence-electron chi connectivity index (χ4n) is 4.59. The Morgan fingerprint density at radius 1 is 1.23 bits per heavy atom. The van der Waals surface area contributed by atoms with Gasteiger partial charge < -0.3 is 15.0 Å². The average molecular weight is 419 g/mol. The molecule has 2 aromatic rings. The molecule has 1 aliphatic carbocycles. The predicted molar refractivity (Wildman–Crippen MR) is 132 cm³/mol. The van der Waals surface area contributed by atoms with Crippen LogP contribution in [-0.2, 0) is 4.74 Å². The van der Waals surface area contributed by atoms with Crippen LogP contribution >= 0.6 is 0 Å². The minimum absolute atomic E-state index is 0.00627. The van der Waals surface area contributed by atoms with Gasteiger partial charge in [0.2, 0.25) is 0 Å². The molecule has 1 N–H and O–H groups in total. The largest absolute Gasteiger partial charge is 0.373 e. The number of aromatic nitrogens is 1. The highest BCUT2D eigenvalue weighted by Crippen LogP contribution is 2.43. The summed E-state index contributed by atoms with van der Waals surface area (Å²) in [4.78, 5) is 12.1. The van der Waals surface area contributed by atoms with Gasteiger partial charge in [-0.25, -0.2) is 9.98 Å². The zero-order chi connectivity index (χ0) is 22.0. The summed E-state index contributed by atoms with van der Waals surface area (Å²) in [5, 5.41) is 6.05. The average Bonchev–Trinajstić information content (AvgIpc) is 3.15. The highest BCUT2D eigenvalue weighted by molar-refractivity contribution is 6.35. The van der Waals surface area contributed by atoms with Crippen LogP contribution in [0.1, 0.15) is 44.7 Å². The maximum Gasteiger partial charge on any atom is 0.134 e. The third kappa shape index (κ3) is 4.30. The molecule has 2 unspecified atom stereocenters. The van der Waals surface area contributed by atoms with E-state index in [4.69, 9.17) is 14.7 Å². The summed E-state index contributed by atoms with van der Waals surface area (Å²) < 4.78 is 5.53. The van der Waals surface area contributed by atoms with E-state index >= 15 is 0 Å². The maximum absolute atomic E-state index is 5.53. The number of fused-ring (bicyclic) bond motifs is 4. The lowest BCUT2D eigenvalue weighted by Gasteiger charge is -2.21. The van der Waals surface area contributed by atoms with E-state index in [-0.39, 0.29) is 6.10 Å². The van der Waals surface area contributed by atoms with Gasteiger partial charge in [-0.2, -0.15) is 0 Å². The van der Waals surface area contributed by atoms with Crippen LogP contribution < -0.4 is 5.32 Å². The molecule has 1 aromatic heterocycles. The molecule has 2 atom stereocenters. The normalized spacial score (nSPS) is 18.1. The first-order chi connectivity index (χ1) is 15.0. The smallest absolute Gasteiger partial charge is 0.134 e. The zero-order valence-electron chi connectivity index (χ0n) is 19.4. The SMILES string of the molecule is CCN(CC)CCCC(C)Nc1nccc2c(C)c3c(cc12)C1=CC(OC)C=CC1=N3. The van der Waals surface area contributed by atoms with Gasteiger partial charge in [-0.3, -0.25) is 0 Å². The number of ether oxygens (including phenoxy) is 1. The second-order valence-electron chi connectivity index (χ2n) is 8.50. The second-order valence-corrected chi connectivity index (χ2v) is 8.50. The van der Waals surface area contributed by atoms with Crippen LogP contribution in [0.25, 0.3) is 16.3 Å². The molecule has 1 aliphatic heterocycles. The van der Waals surface area contributed by atoms with Crippen LogP contribution in [0.3, 0.4) is 0 Å². The molecule has 0 saturated carbocycles. The monoisotopic (exact) mass is 418 g/mol. The first-order valence-electron chi connectivity index (χ1n) is 11.5. The molecule has 0 amide bonds. The number of aryl methyl sites for hydroxylation is 1. The lowest BCUT2D eigenvalue weighted by Crippen LogP contribution is -2.25. The molecule has 2 heterocycles. The molecule has 5 nitrogen and oxygen atoms in total. The number of anilines is 1. The van der Waals surface area contributed by atoms with Gasteiger partial charge in [-0.15, -0.1) is 0 Å². The van der Waals surface area contributed by atoms with Crippen molar-refractivity contribution >= 4 is 33.6 Å². The summed E-state index contributed by atoms with van der Waals surface area (Å²) in [6.07, 6.45) is 10.5. The third-order valence-corrected chi connectivity index (χ3v) is 6.53. The Hall–Kier alpha value is -2.50. The van der Waals surface area contributed by atoms with Crippen LogP contribution in [0.5, 0.6) is 0 Å². The standard InChI is InChI=1S/C26H34N4O/c1-6-30(7-2)14-8-9-17(3)28-26-23-16-22-21-15-19(31-5)10-11-24(21)29-25(22)18(4)20(23)12-13-27-26/h10-13,15-17,19H,6-9,14H2,1-5H3,(H,27,28). The van der Waals surface area contributed by atoms with Crippen molar-refractivity contribution in [2.75, 3.05) is 32.1 Å². The molecule has 0 bridgehead atoms. The van der Waals surface area contributed by atoms with Crippen molar-refractivity contribution in [2.45, 2.75) is 52.7 Å². The van der Waals surface area contributed by atoms with Gasteiger partial charge in [0.05, 0.1) is 17.5 Å². The van der Waals surface area contributed by atoms with E-state index in [1.807, 2.05) is 6.20 Å². The number of hydrogen-bond donors (Lipinski definition) is 1. The minimum atomic E-state index is -0.00627. The lowest BCUT2D eigenvalue weighted by molar-refractivity contribution is 0.178. The quantitative estimate of drug-likeness (QED) is 0.582. The third-order valence-electron chi connectivity index (χ3n) is 6.53. The highest BCUT2D eigenvalue weighted by Gasteiger charge is 2.26.